The molecule has 0 aromatic rings. The maximum Gasteiger partial charge on any atom is 0.324 e. The van der Waals surface area contributed by atoms with Crippen LogP contribution in [-0.4, -0.2) is 73.7 Å². The van der Waals surface area contributed by atoms with Gasteiger partial charge in [0, 0.05) is 37.8 Å². The Kier molecular flexibility index (Phi) is 4.48. The van der Waals surface area contributed by atoms with E-state index in [9.17, 15) is 4.79 Å². The van der Waals surface area contributed by atoms with E-state index in [4.69, 9.17) is 4.74 Å². The number of rotatable bonds is 5. The van der Waals surface area contributed by atoms with E-state index in [1.54, 1.807) is 0 Å². The Balaban J connectivity index is 1.91. The second-order valence-electron chi connectivity index (χ2n) is 6.49. The van der Waals surface area contributed by atoms with Crippen LogP contribution in [0.1, 0.15) is 26.7 Å². The van der Waals surface area contributed by atoms with E-state index in [-0.39, 0.29) is 17.6 Å². The highest BCUT2D eigenvalue weighted by molar-refractivity contribution is 5.76. The summed E-state index contributed by atoms with van der Waals surface area (Å²) in [6.07, 6.45) is 2.36. The third-order valence-corrected chi connectivity index (χ3v) is 4.34. The number of carbonyl (C=O) groups is 1. The zero-order valence-corrected chi connectivity index (χ0v) is 12.6. The molecule has 0 aromatic carbocycles. The summed E-state index contributed by atoms with van der Waals surface area (Å²) in [5.41, 5.74) is 0.165. The first-order chi connectivity index (χ1) is 8.92. The van der Waals surface area contributed by atoms with E-state index in [0.717, 1.165) is 26.2 Å². The molecule has 0 aromatic heterocycles. The molecule has 1 atom stereocenters. The van der Waals surface area contributed by atoms with Crippen molar-refractivity contribution in [2.75, 3.05) is 40.3 Å². The molecule has 1 unspecified atom stereocenters. The fourth-order valence-corrected chi connectivity index (χ4v) is 2.63. The lowest BCUT2D eigenvalue weighted by Crippen LogP contribution is -2.60. The quantitative estimate of drug-likeness (QED) is 0.728. The number of hydrogen-bond donors (Lipinski definition) is 1. The Morgan fingerprint density at radius 2 is 2.11 bits per heavy atom. The van der Waals surface area contributed by atoms with Crippen molar-refractivity contribution in [2.24, 2.45) is 0 Å². The third kappa shape index (κ3) is 3.91. The summed E-state index contributed by atoms with van der Waals surface area (Å²) < 4.78 is 4.92. The van der Waals surface area contributed by atoms with Gasteiger partial charge in [-0.3, -0.25) is 14.6 Å². The third-order valence-electron chi connectivity index (χ3n) is 4.34. The summed E-state index contributed by atoms with van der Waals surface area (Å²) in [7, 11) is 3.63. The zero-order valence-electron chi connectivity index (χ0n) is 12.6. The second-order valence-corrected chi connectivity index (χ2v) is 6.49. The van der Waals surface area contributed by atoms with Gasteiger partial charge >= 0.3 is 5.97 Å². The zero-order chi connectivity index (χ0) is 14.0. The highest BCUT2D eigenvalue weighted by Gasteiger charge is 2.35. The molecule has 1 heterocycles. The molecule has 1 saturated heterocycles. The summed E-state index contributed by atoms with van der Waals surface area (Å²) in [5, 5.41) is 3.40. The molecule has 1 aliphatic heterocycles. The monoisotopic (exact) mass is 269 g/mol. The molecular weight excluding hydrogens is 242 g/mol. The molecule has 1 saturated carbocycles. The standard InChI is InChI=1S/C14H27N3O2/c1-14(2)10-17(8-7-16(14)3)9-12(13(18)19-4)15-11-5-6-11/h11-12,15H,5-10H2,1-4H3. The van der Waals surface area contributed by atoms with Gasteiger partial charge in [0.15, 0.2) is 0 Å². The minimum absolute atomic E-state index is 0.136. The molecule has 0 amide bonds. The van der Waals surface area contributed by atoms with E-state index >= 15 is 0 Å². The molecule has 2 fully saturated rings. The van der Waals surface area contributed by atoms with Crippen LogP contribution in [0, 0.1) is 0 Å². The topological polar surface area (TPSA) is 44.8 Å². The van der Waals surface area contributed by atoms with Gasteiger partial charge in [-0.05, 0) is 33.7 Å². The largest absolute Gasteiger partial charge is 0.468 e. The maximum absolute atomic E-state index is 11.9. The van der Waals surface area contributed by atoms with Gasteiger partial charge in [-0.2, -0.15) is 0 Å². The minimum atomic E-state index is -0.184. The van der Waals surface area contributed by atoms with Crippen LogP contribution in [0.15, 0.2) is 0 Å². The summed E-state index contributed by atoms with van der Waals surface area (Å²) in [6, 6.07) is 0.335. The molecule has 0 radical (unpaired) electrons. The van der Waals surface area contributed by atoms with E-state index in [2.05, 4.69) is 36.0 Å². The highest BCUT2D eigenvalue weighted by atomic mass is 16.5. The number of methoxy groups -OCH3 is 1. The predicted octanol–water partition coefficient (Wildman–Crippen LogP) is 0.306. The Morgan fingerprint density at radius 1 is 1.42 bits per heavy atom. The van der Waals surface area contributed by atoms with Gasteiger partial charge in [-0.15, -0.1) is 0 Å². The van der Waals surface area contributed by atoms with E-state index in [1.165, 1.54) is 20.0 Å². The van der Waals surface area contributed by atoms with Crippen LogP contribution in [0.2, 0.25) is 0 Å². The number of nitrogens with one attached hydrogen (secondary N) is 1. The molecule has 2 aliphatic rings. The molecule has 110 valence electrons. The molecule has 19 heavy (non-hydrogen) atoms. The normalized spacial score (nSPS) is 26.1. The first-order valence-electron chi connectivity index (χ1n) is 7.20. The van der Waals surface area contributed by atoms with Crippen molar-refractivity contribution in [3.05, 3.63) is 0 Å². The molecular formula is C14H27N3O2. The van der Waals surface area contributed by atoms with Crippen molar-refractivity contribution in [1.29, 1.82) is 0 Å². The average molecular weight is 269 g/mol. The molecule has 0 spiro atoms. The molecule has 1 N–H and O–H groups in total. The summed E-state index contributed by atoms with van der Waals surface area (Å²) in [6.45, 7) is 8.30. The van der Waals surface area contributed by atoms with Crippen molar-refractivity contribution in [3.63, 3.8) is 0 Å². The van der Waals surface area contributed by atoms with Crippen LogP contribution in [0.25, 0.3) is 0 Å². The lowest BCUT2D eigenvalue weighted by molar-refractivity contribution is -0.144. The predicted molar refractivity (Wildman–Crippen MR) is 75.1 cm³/mol. The Hall–Kier alpha value is -0.650. The highest BCUT2D eigenvalue weighted by Crippen LogP contribution is 2.22. The number of ether oxygens (including phenoxy) is 1. The van der Waals surface area contributed by atoms with E-state index in [0.29, 0.717) is 6.04 Å². The van der Waals surface area contributed by atoms with Gasteiger partial charge in [-0.1, -0.05) is 0 Å². The first-order valence-corrected chi connectivity index (χ1v) is 7.20. The van der Waals surface area contributed by atoms with Crippen molar-refractivity contribution in [2.45, 2.75) is 44.3 Å². The summed E-state index contributed by atoms with van der Waals surface area (Å²) >= 11 is 0. The van der Waals surface area contributed by atoms with E-state index in [1.807, 2.05) is 0 Å². The Bertz CT molecular complexity index is 329. The molecule has 5 heteroatoms. The van der Waals surface area contributed by atoms with Crippen LogP contribution in [-0.2, 0) is 9.53 Å². The van der Waals surface area contributed by atoms with Crippen LogP contribution in [0.3, 0.4) is 0 Å². The fourth-order valence-electron chi connectivity index (χ4n) is 2.63. The SMILES string of the molecule is COC(=O)C(CN1CCN(C)C(C)(C)C1)NC1CC1. The van der Waals surface area contributed by atoms with Crippen LogP contribution in [0.5, 0.6) is 0 Å². The Labute approximate surface area is 116 Å². The molecule has 5 nitrogen and oxygen atoms in total. The second kappa shape index (κ2) is 5.77. The van der Waals surface area contributed by atoms with Gasteiger partial charge in [0.25, 0.3) is 0 Å². The number of piperazine rings is 1. The van der Waals surface area contributed by atoms with Gasteiger partial charge in [0.2, 0.25) is 0 Å². The van der Waals surface area contributed by atoms with Crippen molar-refractivity contribution >= 4 is 5.97 Å². The first kappa shape index (κ1) is 14.8. The van der Waals surface area contributed by atoms with Crippen molar-refractivity contribution in [1.82, 2.24) is 15.1 Å². The maximum atomic E-state index is 11.9. The van der Waals surface area contributed by atoms with Gasteiger partial charge < -0.3 is 10.1 Å². The number of esters is 1. The number of nitrogens with zero attached hydrogens (tertiary/aromatic N) is 2. The van der Waals surface area contributed by atoms with Crippen LogP contribution < -0.4 is 5.32 Å². The summed E-state index contributed by atoms with van der Waals surface area (Å²) in [4.78, 5) is 16.6. The molecule has 0 bridgehead atoms. The van der Waals surface area contributed by atoms with Gasteiger partial charge in [0.1, 0.15) is 6.04 Å². The lowest BCUT2D eigenvalue weighted by Gasteiger charge is -2.46. The lowest BCUT2D eigenvalue weighted by atomic mass is 9.99. The van der Waals surface area contributed by atoms with Crippen LogP contribution in [0.4, 0.5) is 0 Å². The Morgan fingerprint density at radius 3 is 2.63 bits per heavy atom. The molecule has 2 rings (SSSR count). The van der Waals surface area contributed by atoms with Gasteiger partial charge in [-0.25, -0.2) is 0 Å². The number of likely N-dealkylation sites (N-methyl/N-ethyl adjacent to an activating group) is 1. The number of carbonyl (C=O) groups excluding carboxylic acids is 1. The number of hydrogen-bond acceptors (Lipinski definition) is 5. The summed E-state index contributed by atoms with van der Waals surface area (Å²) in [5.74, 6) is -0.136. The van der Waals surface area contributed by atoms with Crippen LogP contribution >= 0.6 is 0 Å². The van der Waals surface area contributed by atoms with E-state index < -0.39 is 0 Å². The van der Waals surface area contributed by atoms with Gasteiger partial charge in [0.05, 0.1) is 7.11 Å². The smallest absolute Gasteiger partial charge is 0.324 e. The average Bonchev–Trinajstić information content (AvgIpc) is 3.15. The van der Waals surface area contributed by atoms with Crippen molar-refractivity contribution < 1.29 is 9.53 Å². The van der Waals surface area contributed by atoms with Crippen molar-refractivity contribution in [3.8, 4) is 0 Å². The molecule has 1 aliphatic carbocycles. The fraction of sp³-hybridized carbons (Fsp3) is 0.929. The minimum Gasteiger partial charge on any atom is -0.468 e.